The summed E-state index contributed by atoms with van der Waals surface area (Å²) in [6.07, 6.45) is 3.89. The summed E-state index contributed by atoms with van der Waals surface area (Å²) in [6, 6.07) is 16.0. The van der Waals surface area contributed by atoms with E-state index in [4.69, 9.17) is 31.3 Å². The van der Waals surface area contributed by atoms with Crippen molar-refractivity contribution in [3.8, 4) is 16.9 Å². The number of halogens is 1. The Morgan fingerprint density at radius 3 is 2.47 bits per heavy atom. The number of carbonyl (C=O) groups excluding carboxylic acids is 1. The van der Waals surface area contributed by atoms with E-state index < -0.39 is 37.1 Å². The van der Waals surface area contributed by atoms with Gasteiger partial charge in [0.05, 0.1) is 38.6 Å². The van der Waals surface area contributed by atoms with Crippen molar-refractivity contribution in [3.63, 3.8) is 0 Å². The minimum Gasteiger partial charge on any atom is -0.490 e. The van der Waals surface area contributed by atoms with Gasteiger partial charge in [0.2, 0.25) is 0 Å². The molecule has 1 aromatic heterocycles. The summed E-state index contributed by atoms with van der Waals surface area (Å²) in [5.41, 5.74) is 5.37. The number of urea groups is 1. The number of aliphatic hydroxyl groups is 6. The quantitative estimate of drug-likeness (QED) is 0.0620. The number of rotatable bonds is 24. The van der Waals surface area contributed by atoms with E-state index in [2.05, 4.69) is 46.8 Å². The topological polar surface area (TPSA) is 197 Å². The summed E-state index contributed by atoms with van der Waals surface area (Å²) < 4.78 is 11.6. The Bertz CT molecular complexity index is 1660. The Kier molecular flexibility index (Phi) is 16.1. The van der Waals surface area contributed by atoms with Crippen molar-refractivity contribution in [2.75, 3.05) is 46.1 Å². The van der Waals surface area contributed by atoms with E-state index in [0.29, 0.717) is 30.6 Å². The highest BCUT2D eigenvalue weighted by Crippen LogP contribution is 2.50. The summed E-state index contributed by atoms with van der Waals surface area (Å²) in [5.74, 6) is 1.14. The second-order valence-electron chi connectivity index (χ2n) is 14.7. The zero-order valence-corrected chi connectivity index (χ0v) is 32.3. The third-order valence-electron chi connectivity index (χ3n) is 10.5. The van der Waals surface area contributed by atoms with Crippen LogP contribution in [0.15, 0.2) is 60.9 Å². The molecule has 2 fully saturated rings. The summed E-state index contributed by atoms with van der Waals surface area (Å²) in [7, 11) is 0. The Balaban J connectivity index is 1.14. The minimum atomic E-state index is -1.79. The molecule has 0 aliphatic heterocycles. The normalized spacial score (nSPS) is 17.5. The fourth-order valence-electron chi connectivity index (χ4n) is 6.70. The Morgan fingerprint density at radius 2 is 1.75 bits per heavy atom. The molecular weight excluding hydrogens is 728 g/mol. The number of pyridine rings is 1. The first-order valence-corrected chi connectivity index (χ1v) is 19.7. The van der Waals surface area contributed by atoms with E-state index in [1.807, 2.05) is 36.7 Å². The monoisotopic (exact) mass is 784 g/mol. The average molecular weight is 785 g/mol. The second kappa shape index (κ2) is 20.7. The van der Waals surface area contributed by atoms with Gasteiger partial charge in [-0.2, -0.15) is 0 Å². The van der Waals surface area contributed by atoms with E-state index in [-0.39, 0.29) is 44.4 Å². The van der Waals surface area contributed by atoms with Crippen molar-refractivity contribution < 1.29 is 44.9 Å². The summed E-state index contributed by atoms with van der Waals surface area (Å²) >= 11 is 6.75. The zero-order valence-electron chi connectivity index (χ0n) is 31.5. The van der Waals surface area contributed by atoms with Crippen LogP contribution < -0.4 is 15.4 Å². The smallest absolute Gasteiger partial charge is 0.317 e. The maximum absolute atomic E-state index is 13.0. The van der Waals surface area contributed by atoms with E-state index in [9.17, 15) is 25.2 Å². The summed E-state index contributed by atoms with van der Waals surface area (Å²) in [5, 5.41) is 64.9. The molecule has 0 bridgehead atoms. The number of carbonyl (C=O) groups is 1. The van der Waals surface area contributed by atoms with Gasteiger partial charge in [-0.15, -0.1) is 0 Å². The van der Waals surface area contributed by atoms with Crippen molar-refractivity contribution >= 4 is 17.6 Å². The lowest BCUT2D eigenvalue weighted by atomic mass is 9.93. The lowest BCUT2D eigenvalue weighted by molar-refractivity contribution is -0.113. The molecule has 0 saturated heterocycles. The molecule has 1 heterocycles. The molecule has 3 aromatic rings. The van der Waals surface area contributed by atoms with Gasteiger partial charge >= 0.3 is 6.03 Å². The zero-order chi connectivity index (χ0) is 39.4. The van der Waals surface area contributed by atoms with Gasteiger partial charge in [0.1, 0.15) is 24.1 Å². The molecule has 0 radical (unpaired) electrons. The first-order valence-electron chi connectivity index (χ1n) is 19.3. The van der Waals surface area contributed by atoms with E-state index in [1.165, 1.54) is 10.5 Å². The van der Waals surface area contributed by atoms with Gasteiger partial charge < -0.3 is 55.6 Å². The predicted octanol–water partition coefficient (Wildman–Crippen LogP) is 3.45. The number of amides is 2. The maximum Gasteiger partial charge on any atom is 0.317 e. The van der Waals surface area contributed by atoms with E-state index >= 15 is 0 Å². The number of para-hydroxylation sites is 1. The summed E-state index contributed by atoms with van der Waals surface area (Å²) in [6.45, 7) is 2.42. The molecular formula is C41H57ClN4O9. The molecule has 2 aliphatic carbocycles. The van der Waals surface area contributed by atoms with Gasteiger partial charge in [0.25, 0.3) is 0 Å². The highest BCUT2D eigenvalue weighted by Gasteiger charge is 2.46. The van der Waals surface area contributed by atoms with Crippen LogP contribution in [0.4, 0.5) is 4.79 Å². The van der Waals surface area contributed by atoms with Crippen molar-refractivity contribution in [3.05, 3.63) is 82.6 Å². The number of unbranched alkanes of at least 4 members (excludes halogenated alkanes) is 1. The second-order valence-corrected chi connectivity index (χ2v) is 15.1. The van der Waals surface area contributed by atoms with Gasteiger partial charge in [0, 0.05) is 54.7 Å². The molecule has 2 amide bonds. The molecule has 302 valence electrons. The molecule has 2 aromatic carbocycles. The molecule has 5 atom stereocenters. The summed E-state index contributed by atoms with van der Waals surface area (Å²) in [4.78, 5) is 19.1. The molecule has 14 heteroatoms. The van der Waals surface area contributed by atoms with Crippen LogP contribution in [0, 0.1) is 0 Å². The van der Waals surface area contributed by atoms with Crippen LogP contribution in [-0.4, -0.2) is 123 Å². The Labute approximate surface area is 328 Å². The fourth-order valence-corrected chi connectivity index (χ4v) is 6.88. The van der Waals surface area contributed by atoms with Gasteiger partial charge in [-0.1, -0.05) is 55.3 Å². The molecule has 8 N–H and O–H groups in total. The van der Waals surface area contributed by atoms with Crippen LogP contribution in [0.2, 0.25) is 5.02 Å². The predicted molar refractivity (Wildman–Crippen MR) is 209 cm³/mol. The molecule has 0 spiro atoms. The fraction of sp³-hybridized carbons (Fsp3) is 0.561. The Morgan fingerprint density at radius 1 is 0.982 bits per heavy atom. The van der Waals surface area contributed by atoms with E-state index in [1.54, 1.807) is 0 Å². The van der Waals surface area contributed by atoms with Crippen LogP contribution in [0.1, 0.15) is 74.5 Å². The number of nitrogens with one attached hydrogen (secondary N) is 2. The first kappa shape index (κ1) is 42.8. The third-order valence-corrected chi connectivity index (χ3v) is 10.8. The van der Waals surface area contributed by atoms with Crippen LogP contribution in [0.25, 0.3) is 11.1 Å². The molecule has 2 saturated carbocycles. The SMILES string of the molecule is CC(CCCCN(CCOCCO)C(=O)NC[C@H](O)[C@@H](O)[C@H](O)[C@H](O)CO)c1ccc(Cl)c(CNC2(c3cnccc3-c3ccccc3OC3CC3)CC2)c1. The highest BCUT2D eigenvalue weighted by molar-refractivity contribution is 6.31. The van der Waals surface area contributed by atoms with E-state index in [0.717, 1.165) is 66.5 Å². The number of aliphatic hydroxyl groups excluding tert-OH is 6. The highest BCUT2D eigenvalue weighted by atomic mass is 35.5. The molecule has 13 nitrogen and oxygen atoms in total. The number of nitrogens with zero attached hydrogens (tertiary/aromatic N) is 2. The number of hydrogen-bond acceptors (Lipinski definition) is 11. The van der Waals surface area contributed by atoms with Crippen LogP contribution in [0.3, 0.4) is 0 Å². The molecule has 2 aliphatic rings. The van der Waals surface area contributed by atoms with Gasteiger partial charge in [0.15, 0.2) is 0 Å². The van der Waals surface area contributed by atoms with Gasteiger partial charge in [-0.05, 0) is 84.9 Å². The molecule has 55 heavy (non-hydrogen) atoms. The number of aromatic nitrogens is 1. The van der Waals surface area contributed by atoms with Crippen LogP contribution in [0.5, 0.6) is 5.75 Å². The average Bonchev–Trinajstić information content (AvgIpc) is 4.16. The molecule has 1 unspecified atom stereocenters. The Hall–Kier alpha value is -3.37. The van der Waals surface area contributed by atoms with Crippen molar-refractivity contribution in [2.24, 2.45) is 0 Å². The van der Waals surface area contributed by atoms with Crippen molar-refractivity contribution in [2.45, 2.75) is 100 Å². The third kappa shape index (κ3) is 12.1. The first-order chi connectivity index (χ1) is 26.6. The standard InChI is InChI=1S/C41H57ClN4O9/c1-27(6-4-5-17-46(18-20-54-21-19-47)40(53)44-25-35(49)38(51)39(52)36(50)26-48)28-9-12-34(42)29(22-28)23-45-41(14-15-41)33-24-43-16-13-31(33)32-7-2-3-8-37(32)55-30-10-11-30/h2-3,7-9,12-13,16,22,24,27,30,35-36,38-39,45,47-52H,4-6,10-11,14-15,17-21,23,25-26H2,1H3,(H,44,53)/t27?,35-,36+,38+,39+/m0/s1. The lowest BCUT2D eigenvalue weighted by Crippen LogP contribution is -2.51. The maximum atomic E-state index is 13.0. The number of benzene rings is 2. The van der Waals surface area contributed by atoms with Crippen molar-refractivity contribution in [1.82, 2.24) is 20.5 Å². The van der Waals surface area contributed by atoms with Gasteiger partial charge in [-0.25, -0.2) is 4.79 Å². The largest absolute Gasteiger partial charge is 0.490 e. The van der Waals surface area contributed by atoms with Crippen LogP contribution in [-0.2, 0) is 16.8 Å². The van der Waals surface area contributed by atoms with Crippen LogP contribution >= 0.6 is 11.6 Å². The lowest BCUT2D eigenvalue weighted by Gasteiger charge is -2.27. The van der Waals surface area contributed by atoms with Crippen molar-refractivity contribution in [1.29, 1.82) is 0 Å². The molecule has 5 rings (SSSR count). The number of hydrogen-bond donors (Lipinski definition) is 8. The number of ether oxygens (including phenoxy) is 2. The minimum absolute atomic E-state index is 0.136. The van der Waals surface area contributed by atoms with Gasteiger partial charge in [-0.3, -0.25) is 4.98 Å².